The van der Waals surface area contributed by atoms with Crippen LogP contribution in [0, 0.1) is 0 Å². The summed E-state index contributed by atoms with van der Waals surface area (Å²) in [5.41, 5.74) is 6.70. The zero-order valence-corrected chi connectivity index (χ0v) is 11.4. The number of hydrogen-bond acceptors (Lipinski definition) is 3. The number of carbonyl (C=O) groups excluding carboxylic acids is 1. The zero-order chi connectivity index (χ0) is 13.8. The molecule has 1 amide bonds. The Kier molecular flexibility index (Phi) is 4.29. The van der Waals surface area contributed by atoms with Gasteiger partial charge in [0, 0.05) is 24.8 Å². The van der Waals surface area contributed by atoms with Crippen LogP contribution in [0.5, 0.6) is 0 Å². The summed E-state index contributed by atoms with van der Waals surface area (Å²) in [6.45, 7) is 0.460. The summed E-state index contributed by atoms with van der Waals surface area (Å²) in [6.07, 6.45) is 3.48. The van der Waals surface area contributed by atoms with Crippen LogP contribution in [-0.2, 0) is 11.3 Å². The molecule has 0 unspecified atom stereocenters. The quantitative estimate of drug-likeness (QED) is 0.853. The largest absolute Gasteiger partial charge is 0.397 e. The lowest BCUT2D eigenvalue weighted by Gasteiger charge is -2.07. The number of nitrogens with zero attached hydrogens (tertiary/aromatic N) is 2. The third kappa shape index (κ3) is 3.87. The van der Waals surface area contributed by atoms with Crippen molar-refractivity contribution >= 4 is 40.5 Å². The van der Waals surface area contributed by atoms with Gasteiger partial charge >= 0.3 is 0 Å². The monoisotopic (exact) mass is 298 g/mol. The second-order valence-electron chi connectivity index (χ2n) is 3.96. The van der Waals surface area contributed by atoms with Crippen LogP contribution in [0.1, 0.15) is 6.42 Å². The Bertz CT molecular complexity index is 597. The summed E-state index contributed by atoms with van der Waals surface area (Å²) >= 11 is 11.5. The third-order valence-corrected chi connectivity index (χ3v) is 2.99. The molecule has 7 heteroatoms. The number of halogens is 2. The molecule has 2 rings (SSSR count). The molecule has 0 bridgehead atoms. The fraction of sp³-hybridized carbons (Fsp3) is 0.167. The summed E-state index contributed by atoms with van der Waals surface area (Å²) in [7, 11) is 0. The molecular weight excluding hydrogens is 287 g/mol. The minimum Gasteiger partial charge on any atom is -0.397 e. The van der Waals surface area contributed by atoms with Gasteiger partial charge in [0.1, 0.15) is 0 Å². The molecule has 5 nitrogen and oxygen atoms in total. The van der Waals surface area contributed by atoms with Gasteiger partial charge in [-0.1, -0.05) is 23.2 Å². The van der Waals surface area contributed by atoms with Gasteiger partial charge in [-0.2, -0.15) is 5.10 Å². The maximum absolute atomic E-state index is 11.7. The molecule has 100 valence electrons. The first-order valence-corrected chi connectivity index (χ1v) is 6.33. The number of aromatic nitrogens is 2. The van der Waals surface area contributed by atoms with Crippen LogP contribution in [0.15, 0.2) is 30.6 Å². The average Bonchev–Trinajstić information content (AvgIpc) is 2.77. The molecule has 0 aliphatic carbocycles. The molecule has 2 aromatic rings. The van der Waals surface area contributed by atoms with Crippen LogP contribution in [0.4, 0.5) is 11.4 Å². The van der Waals surface area contributed by atoms with E-state index in [1.54, 1.807) is 29.1 Å². The van der Waals surface area contributed by atoms with E-state index in [4.69, 9.17) is 28.9 Å². The minimum atomic E-state index is -0.131. The Hall–Kier alpha value is -1.72. The summed E-state index contributed by atoms with van der Waals surface area (Å²) in [6, 6.07) is 4.95. The van der Waals surface area contributed by atoms with Crippen LogP contribution in [-0.4, -0.2) is 15.7 Å². The average molecular weight is 299 g/mol. The van der Waals surface area contributed by atoms with Crippen molar-refractivity contribution in [1.82, 2.24) is 9.78 Å². The van der Waals surface area contributed by atoms with Gasteiger partial charge in [0.2, 0.25) is 5.91 Å². The first kappa shape index (κ1) is 13.7. The van der Waals surface area contributed by atoms with Crippen LogP contribution >= 0.6 is 23.2 Å². The van der Waals surface area contributed by atoms with Gasteiger partial charge in [-0.05, 0) is 18.2 Å². The van der Waals surface area contributed by atoms with E-state index in [0.717, 1.165) is 0 Å². The molecular formula is C12H12Cl2N4O. The van der Waals surface area contributed by atoms with Crippen molar-refractivity contribution in [3.05, 3.63) is 40.6 Å². The van der Waals surface area contributed by atoms with E-state index in [-0.39, 0.29) is 5.91 Å². The van der Waals surface area contributed by atoms with Crippen LogP contribution in [0.3, 0.4) is 0 Å². The second-order valence-corrected chi connectivity index (χ2v) is 4.80. The van der Waals surface area contributed by atoms with Gasteiger partial charge in [-0.15, -0.1) is 0 Å². The van der Waals surface area contributed by atoms with Crippen molar-refractivity contribution in [3.63, 3.8) is 0 Å². The minimum absolute atomic E-state index is 0.131. The smallest absolute Gasteiger partial charge is 0.226 e. The second kappa shape index (κ2) is 5.95. The van der Waals surface area contributed by atoms with Crippen LogP contribution in [0.25, 0.3) is 0 Å². The number of amides is 1. The van der Waals surface area contributed by atoms with Gasteiger partial charge in [0.15, 0.2) is 0 Å². The predicted molar refractivity (Wildman–Crippen MR) is 76.3 cm³/mol. The summed E-state index contributed by atoms with van der Waals surface area (Å²) in [5.74, 6) is -0.131. The number of nitrogens with one attached hydrogen (secondary N) is 1. The number of rotatable bonds is 4. The highest BCUT2D eigenvalue weighted by molar-refractivity contribution is 6.33. The molecule has 0 saturated heterocycles. The van der Waals surface area contributed by atoms with Gasteiger partial charge in [-0.3, -0.25) is 9.48 Å². The molecule has 0 aliphatic heterocycles. The molecule has 1 aromatic heterocycles. The normalized spacial score (nSPS) is 10.4. The molecule has 0 fully saturated rings. The lowest BCUT2D eigenvalue weighted by atomic mass is 10.2. The Morgan fingerprint density at radius 1 is 1.42 bits per heavy atom. The Balaban J connectivity index is 1.88. The SMILES string of the molecule is Nc1cc(NC(=O)CCn2cc(Cl)cn2)ccc1Cl. The number of anilines is 2. The van der Waals surface area contributed by atoms with Crippen molar-refractivity contribution in [2.75, 3.05) is 11.1 Å². The summed E-state index contributed by atoms with van der Waals surface area (Å²) < 4.78 is 1.61. The number of carbonyl (C=O) groups is 1. The van der Waals surface area contributed by atoms with Crippen molar-refractivity contribution in [2.24, 2.45) is 0 Å². The molecule has 0 saturated carbocycles. The molecule has 0 aliphatic rings. The van der Waals surface area contributed by atoms with E-state index in [1.807, 2.05) is 0 Å². The van der Waals surface area contributed by atoms with Crippen LogP contribution < -0.4 is 11.1 Å². The molecule has 19 heavy (non-hydrogen) atoms. The lowest BCUT2D eigenvalue weighted by Crippen LogP contribution is -2.14. The highest BCUT2D eigenvalue weighted by Gasteiger charge is 2.05. The first-order valence-electron chi connectivity index (χ1n) is 5.57. The number of nitrogen functional groups attached to an aromatic ring is 1. The van der Waals surface area contributed by atoms with E-state index in [0.29, 0.717) is 34.4 Å². The van der Waals surface area contributed by atoms with Crippen LogP contribution in [0.2, 0.25) is 10.0 Å². The van der Waals surface area contributed by atoms with Gasteiger partial charge < -0.3 is 11.1 Å². The standard InChI is InChI=1S/C12H12Cl2N4O/c13-8-6-16-18(7-8)4-3-12(19)17-9-1-2-10(14)11(15)5-9/h1-2,5-7H,3-4,15H2,(H,17,19). The molecule has 0 atom stereocenters. The lowest BCUT2D eigenvalue weighted by molar-refractivity contribution is -0.116. The first-order chi connectivity index (χ1) is 9.04. The molecule has 3 N–H and O–H groups in total. The molecule has 1 heterocycles. The summed E-state index contributed by atoms with van der Waals surface area (Å²) in [4.78, 5) is 11.7. The van der Waals surface area contributed by atoms with E-state index in [1.165, 1.54) is 6.20 Å². The van der Waals surface area contributed by atoms with E-state index < -0.39 is 0 Å². The maximum atomic E-state index is 11.7. The number of aryl methyl sites for hydroxylation is 1. The van der Waals surface area contributed by atoms with Crippen molar-refractivity contribution in [3.8, 4) is 0 Å². The van der Waals surface area contributed by atoms with Crippen molar-refractivity contribution in [2.45, 2.75) is 13.0 Å². The van der Waals surface area contributed by atoms with Gasteiger partial charge in [-0.25, -0.2) is 0 Å². The van der Waals surface area contributed by atoms with Gasteiger partial charge in [0.05, 0.1) is 21.9 Å². The maximum Gasteiger partial charge on any atom is 0.226 e. The molecule has 1 aromatic carbocycles. The molecule has 0 spiro atoms. The van der Waals surface area contributed by atoms with E-state index in [2.05, 4.69) is 10.4 Å². The fourth-order valence-corrected chi connectivity index (χ4v) is 1.80. The number of hydrogen-bond donors (Lipinski definition) is 2. The Morgan fingerprint density at radius 2 is 2.21 bits per heavy atom. The number of benzene rings is 1. The third-order valence-electron chi connectivity index (χ3n) is 2.45. The topological polar surface area (TPSA) is 72.9 Å². The highest BCUT2D eigenvalue weighted by Crippen LogP contribution is 2.22. The summed E-state index contributed by atoms with van der Waals surface area (Å²) in [5, 5.41) is 7.73. The molecule has 0 radical (unpaired) electrons. The number of nitrogens with two attached hydrogens (primary N) is 1. The zero-order valence-electron chi connectivity index (χ0n) is 9.94. The van der Waals surface area contributed by atoms with Crippen molar-refractivity contribution in [1.29, 1.82) is 0 Å². The Labute approximate surface area is 120 Å². The highest BCUT2D eigenvalue weighted by atomic mass is 35.5. The predicted octanol–water partition coefficient (Wildman–Crippen LogP) is 2.80. The Morgan fingerprint density at radius 3 is 2.84 bits per heavy atom. The van der Waals surface area contributed by atoms with Gasteiger partial charge in [0.25, 0.3) is 0 Å². The fourth-order valence-electron chi connectivity index (χ4n) is 1.52. The van der Waals surface area contributed by atoms with E-state index in [9.17, 15) is 4.79 Å². The van der Waals surface area contributed by atoms with E-state index >= 15 is 0 Å². The van der Waals surface area contributed by atoms with Crippen molar-refractivity contribution < 1.29 is 4.79 Å².